The number of carbonyl (C=O) groups excluding carboxylic acids is 1. The molecular formula is C18H19NO2. The van der Waals surface area contributed by atoms with Crippen LogP contribution in [0, 0.1) is 13.8 Å². The maximum Gasteiger partial charge on any atom is 0.248 e. The number of anilines is 1. The molecule has 0 unspecified atom stereocenters. The molecule has 108 valence electrons. The van der Waals surface area contributed by atoms with Crippen molar-refractivity contribution >= 4 is 17.7 Å². The standard InChI is InChI=1S/C18H19NO2/c1-13-10-14(2)12-16(11-13)19-18(20)9-6-15-4-7-17(21-3)8-5-15/h4-12H,1-3H3,(H,19,20). The van der Waals surface area contributed by atoms with Gasteiger partial charge in [0, 0.05) is 11.8 Å². The first kappa shape index (κ1) is 14.9. The Morgan fingerprint density at radius 1 is 1.05 bits per heavy atom. The molecule has 0 aliphatic carbocycles. The summed E-state index contributed by atoms with van der Waals surface area (Å²) in [5.74, 6) is 0.655. The zero-order valence-electron chi connectivity index (χ0n) is 12.5. The van der Waals surface area contributed by atoms with Gasteiger partial charge in [0.15, 0.2) is 0 Å². The number of hydrogen-bond donors (Lipinski definition) is 1. The van der Waals surface area contributed by atoms with Crippen molar-refractivity contribution in [1.82, 2.24) is 0 Å². The highest BCUT2D eigenvalue weighted by Gasteiger charge is 2.00. The molecule has 0 bridgehead atoms. The van der Waals surface area contributed by atoms with Crippen LogP contribution < -0.4 is 10.1 Å². The fourth-order valence-electron chi connectivity index (χ4n) is 2.12. The van der Waals surface area contributed by atoms with E-state index >= 15 is 0 Å². The van der Waals surface area contributed by atoms with Crippen LogP contribution in [0.25, 0.3) is 6.08 Å². The highest BCUT2D eigenvalue weighted by molar-refractivity contribution is 6.02. The normalized spacial score (nSPS) is 10.6. The van der Waals surface area contributed by atoms with Crippen LogP contribution in [0.1, 0.15) is 16.7 Å². The molecule has 0 heterocycles. The molecule has 3 heteroatoms. The van der Waals surface area contributed by atoms with E-state index in [4.69, 9.17) is 4.74 Å². The van der Waals surface area contributed by atoms with Crippen LogP contribution in [0.5, 0.6) is 5.75 Å². The van der Waals surface area contributed by atoms with Crippen molar-refractivity contribution in [3.8, 4) is 5.75 Å². The van der Waals surface area contributed by atoms with Gasteiger partial charge in [-0.2, -0.15) is 0 Å². The molecule has 0 radical (unpaired) electrons. The highest BCUT2D eigenvalue weighted by Crippen LogP contribution is 2.15. The molecule has 0 aliphatic heterocycles. The smallest absolute Gasteiger partial charge is 0.248 e. The zero-order valence-corrected chi connectivity index (χ0v) is 12.5. The summed E-state index contributed by atoms with van der Waals surface area (Å²) in [4.78, 5) is 11.9. The van der Waals surface area contributed by atoms with E-state index in [2.05, 4.69) is 11.4 Å². The molecule has 0 aromatic heterocycles. The molecule has 0 saturated carbocycles. The monoisotopic (exact) mass is 281 g/mol. The molecule has 0 saturated heterocycles. The Morgan fingerprint density at radius 3 is 2.24 bits per heavy atom. The number of hydrogen-bond acceptors (Lipinski definition) is 2. The highest BCUT2D eigenvalue weighted by atomic mass is 16.5. The number of ether oxygens (including phenoxy) is 1. The first-order valence-electron chi connectivity index (χ1n) is 6.78. The summed E-state index contributed by atoms with van der Waals surface area (Å²) in [6.07, 6.45) is 3.30. The summed E-state index contributed by atoms with van der Waals surface area (Å²) < 4.78 is 5.09. The first-order chi connectivity index (χ1) is 10.1. The van der Waals surface area contributed by atoms with Gasteiger partial charge in [-0.05, 0) is 60.9 Å². The van der Waals surface area contributed by atoms with Gasteiger partial charge in [0.25, 0.3) is 0 Å². The van der Waals surface area contributed by atoms with Crippen LogP contribution in [0.15, 0.2) is 48.5 Å². The lowest BCUT2D eigenvalue weighted by atomic mass is 10.1. The lowest BCUT2D eigenvalue weighted by Gasteiger charge is -2.05. The van der Waals surface area contributed by atoms with E-state index in [9.17, 15) is 4.79 Å². The molecule has 1 N–H and O–H groups in total. The van der Waals surface area contributed by atoms with E-state index in [1.54, 1.807) is 13.2 Å². The largest absolute Gasteiger partial charge is 0.497 e. The van der Waals surface area contributed by atoms with Gasteiger partial charge >= 0.3 is 0 Å². The number of benzene rings is 2. The predicted octanol–water partition coefficient (Wildman–Crippen LogP) is 3.96. The lowest BCUT2D eigenvalue weighted by molar-refractivity contribution is -0.111. The topological polar surface area (TPSA) is 38.3 Å². The molecular weight excluding hydrogens is 262 g/mol. The minimum Gasteiger partial charge on any atom is -0.497 e. The fourth-order valence-corrected chi connectivity index (χ4v) is 2.12. The molecule has 0 atom stereocenters. The van der Waals surface area contributed by atoms with Crippen LogP contribution >= 0.6 is 0 Å². The Kier molecular flexibility index (Phi) is 4.77. The average molecular weight is 281 g/mol. The van der Waals surface area contributed by atoms with Gasteiger partial charge in [0.05, 0.1) is 7.11 Å². The number of nitrogens with one attached hydrogen (secondary N) is 1. The summed E-state index contributed by atoms with van der Waals surface area (Å²) in [7, 11) is 1.63. The summed E-state index contributed by atoms with van der Waals surface area (Å²) in [6.45, 7) is 4.02. The third-order valence-corrected chi connectivity index (χ3v) is 3.03. The van der Waals surface area contributed by atoms with Gasteiger partial charge in [0.1, 0.15) is 5.75 Å². The van der Waals surface area contributed by atoms with E-state index in [0.29, 0.717) is 0 Å². The summed E-state index contributed by atoms with van der Waals surface area (Å²) in [5.41, 5.74) is 4.03. The van der Waals surface area contributed by atoms with Crippen molar-refractivity contribution in [2.24, 2.45) is 0 Å². The second-order valence-corrected chi connectivity index (χ2v) is 4.97. The Balaban J connectivity index is 2.01. The number of carbonyl (C=O) groups is 1. The van der Waals surface area contributed by atoms with Gasteiger partial charge in [0.2, 0.25) is 5.91 Å². The molecule has 21 heavy (non-hydrogen) atoms. The van der Waals surface area contributed by atoms with Gasteiger partial charge in [-0.25, -0.2) is 0 Å². The molecule has 1 amide bonds. The molecule has 0 spiro atoms. The number of amides is 1. The van der Waals surface area contributed by atoms with Crippen LogP contribution in [-0.2, 0) is 4.79 Å². The van der Waals surface area contributed by atoms with Crippen LogP contribution in [0.3, 0.4) is 0 Å². The van der Waals surface area contributed by atoms with Crippen molar-refractivity contribution in [1.29, 1.82) is 0 Å². The number of rotatable bonds is 4. The van der Waals surface area contributed by atoms with Gasteiger partial charge in [-0.1, -0.05) is 18.2 Å². The third-order valence-electron chi connectivity index (χ3n) is 3.03. The SMILES string of the molecule is COc1ccc(C=CC(=O)Nc2cc(C)cc(C)c2)cc1. The van der Waals surface area contributed by atoms with Gasteiger partial charge in [-0.3, -0.25) is 4.79 Å². The Morgan fingerprint density at radius 2 is 1.67 bits per heavy atom. The Hall–Kier alpha value is -2.55. The van der Waals surface area contributed by atoms with E-state index in [0.717, 1.165) is 28.1 Å². The zero-order chi connectivity index (χ0) is 15.2. The van der Waals surface area contributed by atoms with Crippen LogP contribution in [-0.4, -0.2) is 13.0 Å². The summed E-state index contributed by atoms with van der Waals surface area (Å²) in [5, 5.41) is 2.87. The van der Waals surface area contributed by atoms with Crippen molar-refractivity contribution in [2.75, 3.05) is 12.4 Å². The number of aryl methyl sites for hydroxylation is 2. The van der Waals surface area contributed by atoms with Crippen LogP contribution in [0.4, 0.5) is 5.69 Å². The molecule has 0 aliphatic rings. The minimum absolute atomic E-state index is 0.143. The van der Waals surface area contributed by atoms with Crippen molar-refractivity contribution in [2.45, 2.75) is 13.8 Å². The average Bonchev–Trinajstić information content (AvgIpc) is 2.44. The predicted molar refractivity (Wildman–Crippen MR) is 86.6 cm³/mol. The molecule has 2 rings (SSSR count). The number of methoxy groups -OCH3 is 1. The lowest BCUT2D eigenvalue weighted by Crippen LogP contribution is -2.08. The molecule has 0 fully saturated rings. The fraction of sp³-hybridized carbons (Fsp3) is 0.167. The Labute approximate surface area is 125 Å². The molecule has 3 nitrogen and oxygen atoms in total. The second kappa shape index (κ2) is 6.75. The minimum atomic E-state index is -0.143. The van der Waals surface area contributed by atoms with E-state index in [1.807, 2.05) is 50.2 Å². The maximum atomic E-state index is 11.9. The quantitative estimate of drug-likeness (QED) is 0.861. The first-order valence-corrected chi connectivity index (χ1v) is 6.78. The van der Waals surface area contributed by atoms with Crippen molar-refractivity contribution < 1.29 is 9.53 Å². The summed E-state index contributed by atoms with van der Waals surface area (Å²) >= 11 is 0. The maximum absolute atomic E-state index is 11.9. The van der Waals surface area contributed by atoms with Crippen LogP contribution in [0.2, 0.25) is 0 Å². The Bertz CT molecular complexity index is 637. The third kappa shape index (κ3) is 4.49. The summed E-state index contributed by atoms with van der Waals surface area (Å²) in [6, 6.07) is 13.5. The second-order valence-electron chi connectivity index (χ2n) is 4.97. The van der Waals surface area contributed by atoms with Crippen molar-refractivity contribution in [3.05, 3.63) is 65.2 Å². The van der Waals surface area contributed by atoms with E-state index in [-0.39, 0.29) is 5.91 Å². The molecule has 2 aromatic rings. The molecule has 2 aromatic carbocycles. The van der Waals surface area contributed by atoms with Gasteiger partial charge < -0.3 is 10.1 Å². The van der Waals surface area contributed by atoms with E-state index < -0.39 is 0 Å². The van der Waals surface area contributed by atoms with E-state index in [1.165, 1.54) is 6.08 Å². The van der Waals surface area contributed by atoms with Gasteiger partial charge in [-0.15, -0.1) is 0 Å². The van der Waals surface area contributed by atoms with Crippen molar-refractivity contribution in [3.63, 3.8) is 0 Å².